The minimum Gasteiger partial charge on any atom is -0.384 e. The van der Waals surface area contributed by atoms with E-state index in [0.29, 0.717) is 17.4 Å². The molecule has 0 aromatic heterocycles. The van der Waals surface area contributed by atoms with Crippen LogP contribution in [0.4, 0.5) is 5.69 Å². The Morgan fingerprint density at radius 1 is 1.39 bits per heavy atom. The molecular formula is C13H18N2O2S. The summed E-state index contributed by atoms with van der Waals surface area (Å²) in [5.41, 5.74) is 2.18. The molecule has 18 heavy (non-hydrogen) atoms. The highest BCUT2D eigenvalue weighted by Crippen LogP contribution is 2.32. The third-order valence-corrected chi connectivity index (χ3v) is 5.53. The minimum atomic E-state index is -3.32. The van der Waals surface area contributed by atoms with Gasteiger partial charge in [-0.1, -0.05) is 6.07 Å². The lowest BCUT2D eigenvalue weighted by Gasteiger charge is -2.17. The van der Waals surface area contributed by atoms with Crippen molar-refractivity contribution in [1.29, 1.82) is 0 Å². The van der Waals surface area contributed by atoms with Gasteiger partial charge in [0.25, 0.3) is 0 Å². The van der Waals surface area contributed by atoms with Crippen LogP contribution in [0.25, 0.3) is 0 Å². The zero-order valence-electron chi connectivity index (χ0n) is 10.5. The molecule has 2 aliphatic rings. The number of fused-ring (bicyclic) bond motifs is 1. The van der Waals surface area contributed by atoms with Gasteiger partial charge in [-0.05, 0) is 42.9 Å². The van der Waals surface area contributed by atoms with E-state index >= 15 is 0 Å². The summed E-state index contributed by atoms with van der Waals surface area (Å²) in [7, 11) is -1.65. The summed E-state index contributed by atoms with van der Waals surface area (Å²) < 4.78 is 26.3. The van der Waals surface area contributed by atoms with E-state index in [2.05, 4.69) is 5.32 Å². The molecule has 0 saturated heterocycles. The normalized spacial score (nSPS) is 18.8. The Kier molecular flexibility index (Phi) is 2.83. The number of nitrogens with one attached hydrogen (secondary N) is 1. The molecule has 0 radical (unpaired) electrons. The predicted octanol–water partition coefficient (Wildman–Crippen LogP) is 1.69. The van der Waals surface area contributed by atoms with Crippen LogP contribution >= 0.6 is 0 Å². The number of anilines is 1. The molecule has 1 aromatic carbocycles. The van der Waals surface area contributed by atoms with Gasteiger partial charge < -0.3 is 5.32 Å². The number of hydrogen-bond acceptors (Lipinski definition) is 3. The second-order valence-electron chi connectivity index (χ2n) is 5.22. The number of hydrogen-bond donors (Lipinski definition) is 1. The number of sulfonamides is 1. The molecule has 1 aromatic rings. The van der Waals surface area contributed by atoms with Gasteiger partial charge in [-0.3, -0.25) is 0 Å². The highest BCUT2D eigenvalue weighted by molar-refractivity contribution is 7.89. The topological polar surface area (TPSA) is 49.4 Å². The van der Waals surface area contributed by atoms with Crippen molar-refractivity contribution in [3.05, 3.63) is 23.8 Å². The highest BCUT2D eigenvalue weighted by Gasteiger charge is 2.29. The Hall–Kier alpha value is -1.07. The first kappa shape index (κ1) is 12.0. The lowest BCUT2D eigenvalue weighted by Crippen LogP contribution is -2.28. The maximum Gasteiger partial charge on any atom is 0.242 e. The second kappa shape index (κ2) is 4.24. The third-order valence-electron chi connectivity index (χ3n) is 3.71. The van der Waals surface area contributed by atoms with E-state index in [1.165, 1.54) is 9.87 Å². The van der Waals surface area contributed by atoms with Crippen molar-refractivity contribution in [2.45, 2.75) is 24.2 Å². The van der Waals surface area contributed by atoms with Crippen LogP contribution in [0.5, 0.6) is 0 Å². The molecule has 1 fully saturated rings. The predicted molar refractivity (Wildman–Crippen MR) is 71.2 cm³/mol. The van der Waals surface area contributed by atoms with Crippen LogP contribution in [0.1, 0.15) is 18.4 Å². The fourth-order valence-electron chi connectivity index (χ4n) is 2.37. The Labute approximate surface area is 108 Å². The summed E-state index contributed by atoms with van der Waals surface area (Å²) in [5.74, 6) is 0.567. The molecule has 0 unspecified atom stereocenters. The fourth-order valence-corrected chi connectivity index (χ4v) is 3.65. The van der Waals surface area contributed by atoms with E-state index in [1.54, 1.807) is 19.2 Å². The minimum absolute atomic E-state index is 0.402. The fraction of sp³-hybridized carbons (Fsp3) is 0.538. The Morgan fingerprint density at radius 2 is 2.17 bits per heavy atom. The summed E-state index contributed by atoms with van der Waals surface area (Å²) in [5, 5.41) is 3.22. The lowest BCUT2D eigenvalue weighted by molar-refractivity contribution is 0.453. The highest BCUT2D eigenvalue weighted by atomic mass is 32.2. The Bertz CT molecular complexity index is 564. The van der Waals surface area contributed by atoms with Crippen LogP contribution in [0.2, 0.25) is 0 Å². The maximum absolute atomic E-state index is 12.4. The van der Waals surface area contributed by atoms with E-state index in [0.717, 1.165) is 31.5 Å². The summed E-state index contributed by atoms with van der Waals surface area (Å²) >= 11 is 0. The molecule has 0 amide bonds. The zero-order chi connectivity index (χ0) is 12.8. The quantitative estimate of drug-likeness (QED) is 0.902. The summed E-state index contributed by atoms with van der Waals surface area (Å²) in [6.07, 6.45) is 3.30. The molecule has 5 heteroatoms. The smallest absolute Gasteiger partial charge is 0.242 e. The van der Waals surface area contributed by atoms with Gasteiger partial charge in [0.15, 0.2) is 0 Å². The van der Waals surface area contributed by atoms with Crippen molar-refractivity contribution in [2.75, 3.05) is 25.5 Å². The van der Waals surface area contributed by atoms with Crippen molar-refractivity contribution >= 4 is 15.7 Å². The first-order valence-corrected chi connectivity index (χ1v) is 7.84. The van der Waals surface area contributed by atoms with Crippen molar-refractivity contribution in [1.82, 2.24) is 4.31 Å². The van der Waals surface area contributed by atoms with Crippen LogP contribution in [0.15, 0.2) is 23.1 Å². The number of benzene rings is 1. The van der Waals surface area contributed by atoms with Crippen LogP contribution in [-0.2, 0) is 16.4 Å². The van der Waals surface area contributed by atoms with E-state index < -0.39 is 10.0 Å². The van der Waals surface area contributed by atoms with Gasteiger partial charge in [0.1, 0.15) is 0 Å². The molecule has 1 aliphatic carbocycles. The van der Waals surface area contributed by atoms with Gasteiger partial charge >= 0.3 is 0 Å². The average molecular weight is 266 g/mol. The standard InChI is InChI=1S/C13H18N2O2S/c1-15(9-10-2-3-10)18(16,17)12-5-4-11-6-7-14-13(11)8-12/h4-5,8,10,14H,2-3,6-7,9H2,1H3. The maximum atomic E-state index is 12.4. The van der Waals surface area contributed by atoms with Gasteiger partial charge in [0, 0.05) is 25.8 Å². The van der Waals surface area contributed by atoms with E-state index in [1.807, 2.05) is 6.07 Å². The number of nitrogens with zero attached hydrogens (tertiary/aromatic N) is 1. The molecule has 98 valence electrons. The van der Waals surface area contributed by atoms with Gasteiger partial charge in [-0.2, -0.15) is 0 Å². The molecule has 1 saturated carbocycles. The van der Waals surface area contributed by atoms with Crippen molar-refractivity contribution < 1.29 is 8.42 Å². The van der Waals surface area contributed by atoms with Gasteiger partial charge in [0.2, 0.25) is 10.0 Å². The Morgan fingerprint density at radius 3 is 2.89 bits per heavy atom. The van der Waals surface area contributed by atoms with Gasteiger partial charge in [0.05, 0.1) is 4.90 Å². The zero-order valence-corrected chi connectivity index (χ0v) is 11.3. The molecule has 0 spiro atoms. The van der Waals surface area contributed by atoms with Gasteiger partial charge in [-0.25, -0.2) is 12.7 Å². The summed E-state index contributed by atoms with van der Waals surface area (Å²) in [6, 6.07) is 5.42. The first-order chi connectivity index (χ1) is 8.57. The van der Waals surface area contributed by atoms with Gasteiger partial charge in [-0.15, -0.1) is 0 Å². The van der Waals surface area contributed by atoms with Crippen LogP contribution in [0.3, 0.4) is 0 Å². The van der Waals surface area contributed by atoms with Crippen molar-refractivity contribution in [3.63, 3.8) is 0 Å². The summed E-state index contributed by atoms with van der Waals surface area (Å²) in [6.45, 7) is 1.55. The molecule has 1 aliphatic heterocycles. The molecule has 0 atom stereocenters. The third kappa shape index (κ3) is 2.12. The van der Waals surface area contributed by atoms with Crippen LogP contribution in [0, 0.1) is 5.92 Å². The molecular weight excluding hydrogens is 248 g/mol. The van der Waals surface area contributed by atoms with Crippen LogP contribution in [-0.4, -0.2) is 32.9 Å². The molecule has 4 nitrogen and oxygen atoms in total. The van der Waals surface area contributed by atoms with Crippen molar-refractivity contribution in [2.24, 2.45) is 5.92 Å². The molecule has 1 heterocycles. The SMILES string of the molecule is CN(CC1CC1)S(=O)(=O)c1ccc2c(c1)NCC2. The molecule has 1 N–H and O–H groups in total. The summed E-state index contributed by atoms with van der Waals surface area (Å²) in [4.78, 5) is 0.402. The first-order valence-electron chi connectivity index (χ1n) is 6.40. The van der Waals surface area contributed by atoms with Crippen molar-refractivity contribution in [3.8, 4) is 0 Å². The van der Waals surface area contributed by atoms with E-state index in [4.69, 9.17) is 0 Å². The number of rotatable bonds is 4. The largest absolute Gasteiger partial charge is 0.384 e. The average Bonchev–Trinajstić information content (AvgIpc) is 3.03. The van der Waals surface area contributed by atoms with Crippen LogP contribution < -0.4 is 5.32 Å². The second-order valence-corrected chi connectivity index (χ2v) is 7.27. The molecule has 3 rings (SSSR count). The monoisotopic (exact) mass is 266 g/mol. The molecule has 0 bridgehead atoms. The lowest BCUT2D eigenvalue weighted by atomic mass is 10.2. The Balaban J connectivity index is 1.88. The van der Waals surface area contributed by atoms with E-state index in [-0.39, 0.29) is 0 Å². The van der Waals surface area contributed by atoms with E-state index in [9.17, 15) is 8.42 Å².